The predicted molar refractivity (Wildman–Crippen MR) is 46.5 cm³/mol. The van der Waals surface area contributed by atoms with Crippen LogP contribution in [0.2, 0.25) is 0 Å². The predicted octanol–water partition coefficient (Wildman–Crippen LogP) is 0.993. The van der Waals surface area contributed by atoms with E-state index < -0.39 is 0 Å². The number of nitrogens with zero attached hydrogens (tertiary/aromatic N) is 3. The molecule has 0 unspecified atom stereocenters. The Labute approximate surface area is 69.2 Å². The molecule has 0 saturated heterocycles. The quantitative estimate of drug-likeness (QED) is 0.590. The molecule has 0 bridgehead atoms. The van der Waals surface area contributed by atoms with Gasteiger partial charge in [-0.05, 0) is 13.2 Å². The van der Waals surface area contributed by atoms with Crippen molar-refractivity contribution >= 4 is 7.85 Å². The first-order valence-corrected chi connectivity index (χ1v) is 3.96. The zero-order valence-corrected chi connectivity index (χ0v) is 7.41. The van der Waals surface area contributed by atoms with Crippen molar-refractivity contribution in [2.45, 2.75) is 33.6 Å². The van der Waals surface area contributed by atoms with Crippen LogP contribution >= 0.6 is 0 Å². The number of hydrogen-bond acceptors (Lipinski definition) is 2. The third-order valence-corrected chi connectivity index (χ3v) is 1.12. The summed E-state index contributed by atoms with van der Waals surface area (Å²) in [4.78, 5) is 0. The summed E-state index contributed by atoms with van der Waals surface area (Å²) in [5.74, 6) is 0. The Kier molecular flexibility index (Phi) is 5.52. The summed E-state index contributed by atoms with van der Waals surface area (Å²) < 4.78 is 1.75. The lowest BCUT2D eigenvalue weighted by molar-refractivity contribution is 0.626. The molecule has 1 rings (SSSR count). The second kappa shape index (κ2) is 5.95. The van der Waals surface area contributed by atoms with Gasteiger partial charge in [-0.25, -0.2) is 0 Å². The first-order valence-electron chi connectivity index (χ1n) is 3.96. The SMILES string of the molecule is CC.[B]Cc1cn(CC)nn1. The van der Waals surface area contributed by atoms with Gasteiger partial charge in [-0.15, -0.1) is 5.10 Å². The van der Waals surface area contributed by atoms with Crippen LogP contribution in [0.25, 0.3) is 0 Å². The molecule has 1 aromatic heterocycles. The van der Waals surface area contributed by atoms with E-state index in [1.165, 1.54) is 0 Å². The van der Waals surface area contributed by atoms with Crippen LogP contribution in [0, 0.1) is 0 Å². The van der Waals surface area contributed by atoms with Crippen LogP contribution in [0.5, 0.6) is 0 Å². The molecule has 0 saturated carbocycles. The van der Waals surface area contributed by atoms with Crippen molar-refractivity contribution in [2.24, 2.45) is 0 Å². The molecule has 1 heterocycles. The lowest BCUT2D eigenvalue weighted by Crippen LogP contribution is -1.93. The Hall–Kier alpha value is -0.795. The fourth-order valence-corrected chi connectivity index (χ4v) is 0.587. The maximum absolute atomic E-state index is 5.30. The van der Waals surface area contributed by atoms with Crippen molar-refractivity contribution in [1.82, 2.24) is 15.0 Å². The second-order valence-electron chi connectivity index (χ2n) is 1.77. The summed E-state index contributed by atoms with van der Waals surface area (Å²) in [6.45, 7) is 6.86. The van der Waals surface area contributed by atoms with Gasteiger partial charge in [-0.3, -0.25) is 4.68 Å². The van der Waals surface area contributed by atoms with Gasteiger partial charge in [-0.2, -0.15) is 0 Å². The van der Waals surface area contributed by atoms with E-state index in [0.29, 0.717) is 6.32 Å². The molecule has 0 N–H and O–H groups in total. The van der Waals surface area contributed by atoms with Crippen molar-refractivity contribution in [2.75, 3.05) is 0 Å². The molecule has 0 spiro atoms. The van der Waals surface area contributed by atoms with Crippen molar-refractivity contribution in [3.05, 3.63) is 11.9 Å². The van der Waals surface area contributed by atoms with Crippen molar-refractivity contribution in [3.63, 3.8) is 0 Å². The summed E-state index contributed by atoms with van der Waals surface area (Å²) in [6.07, 6.45) is 2.32. The molecule has 4 heteroatoms. The molecule has 0 fully saturated rings. The Balaban J connectivity index is 0.000000461. The van der Waals surface area contributed by atoms with Gasteiger partial charge in [0.25, 0.3) is 0 Å². The van der Waals surface area contributed by atoms with Gasteiger partial charge in [0.05, 0.1) is 13.5 Å². The average Bonchev–Trinajstić information content (AvgIpc) is 2.55. The molecule has 0 aliphatic heterocycles. The van der Waals surface area contributed by atoms with Crippen LogP contribution in [-0.2, 0) is 12.9 Å². The van der Waals surface area contributed by atoms with Gasteiger partial charge >= 0.3 is 0 Å². The summed E-state index contributed by atoms with van der Waals surface area (Å²) in [6, 6.07) is 0. The Morgan fingerprint density at radius 2 is 2.18 bits per heavy atom. The first kappa shape index (κ1) is 10.2. The van der Waals surface area contributed by atoms with E-state index in [9.17, 15) is 0 Å². The topological polar surface area (TPSA) is 30.7 Å². The van der Waals surface area contributed by atoms with Crippen LogP contribution in [0.15, 0.2) is 6.20 Å². The molecule has 1 aromatic rings. The summed E-state index contributed by atoms with van der Waals surface area (Å²) in [5, 5.41) is 7.59. The minimum absolute atomic E-state index is 0.472. The van der Waals surface area contributed by atoms with Crippen molar-refractivity contribution in [1.29, 1.82) is 0 Å². The Morgan fingerprint density at radius 3 is 2.45 bits per heavy atom. The molecule has 2 radical (unpaired) electrons. The van der Waals surface area contributed by atoms with Gasteiger partial charge in [0.15, 0.2) is 0 Å². The second-order valence-corrected chi connectivity index (χ2v) is 1.77. The third-order valence-electron chi connectivity index (χ3n) is 1.12. The highest BCUT2D eigenvalue weighted by atomic mass is 15.4. The summed E-state index contributed by atoms with van der Waals surface area (Å²) in [5.41, 5.74) is 0.844. The first-order chi connectivity index (χ1) is 5.36. The number of hydrogen-bond donors (Lipinski definition) is 0. The van der Waals surface area contributed by atoms with E-state index in [0.717, 1.165) is 12.2 Å². The molecule has 11 heavy (non-hydrogen) atoms. The lowest BCUT2D eigenvalue weighted by Gasteiger charge is -1.86. The number of aryl methyl sites for hydroxylation is 1. The lowest BCUT2D eigenvalue weighted by atomic mass is 10.0. The summed E-state index contributed by atoms with van der Waals surface area (Å²) >= 11 is 0. The third kappa shape index (κ3) is 3.21. The van der Waals surface area contributed by atoms with E-state index in [-0.39, 0.29) is 0 Å². The van der Waals surface area contributed by atoms with Crippen LogP contribution < -0.4 is 0 Å². The molecule has 0 aliphatic rings. The van der Waals surface area contributed by atoms with Gasteiger partial charge in [0.1, 0.15) is 0 Å². The monoisotopic (exact) mass is 151 g/mol. The molecular formula is C7H14BN3. The summed E-state index contributed by atoms with van der Waals surface area (Å²) in [7, 11) is 5.30. The maximum atomic E-state index is 5.30. The van der Waals surface area contributed by atoms with Crippen LogP contribution in [0.3, 0.4) is 0 Å². The molecule has 0 aromatic carbocycles. The highest BCUT2D eigenvalue weighted by Gasteiger charge is 1.92. The molecule has 0 amide bonds. The van der Waals surface area contributed by atoms with Crippen molar-refractivity contribution < 1.29 is 0 Å². The maximum Gasteiger partial charge on any atom is 0.0741 e. The van der Waals surface area contributed by atoms with Crippen LogP contribution in [0.1, 0.15) is 26.5 Å². The smallest absolute Gasteiger partial charge is 0.0741 e. The number of rotatable bonds is 2. The fraction of sp³-hybridized carbons (Fsp3) is 0.714. The average molecular weight is 151 g/mol. The Bertz CT molecular complexity index is 167. The van der Waals surface area contributed by atoms with Gasteiger partial charge < -0.3 is 0 Å². The zero-order chi connectivity index (χ0) is 8.69. The van der Waals surface area contributed by atoms with E-state index >= 15 is 0 Å². The van der Waals surface area contributed by atoms with Crippen LogP contribution in [0.4, 0.5) is 0 Å². The fourth-order valence-electron chi connectivity index (χ4n) is 0.587. The number of aromatic nitrogens is 3. The minimum Gasteiger partial charge on any atom is -0.253 e. The van der Waals surface area contributed by atoms with E-state index in [4.69, 9.17) is 7.85 Å². The van der Waals surface area contributed by atoms with E-state index in [1.54, 1.807) is 4.68 Å². The molecule has 0 atom stereocenters. The van der Waals surface area contributed by atoms with E-state index in [1.807, 2.05) is 27.0 Å². The normalized spacial score (nSPS) is 8.64. The minimum atomic E-state index is 0.472. The van der Waals surface area contributed by atoms with Crippen molar-refractivity contribution in [3.8, 4) is 0 Å². The molecule has 60 valence electrons. The van der Waals surface area contributed by atoms with Crippen LogP contribution in [-0.4, -0.2) is 22.8 Å². The van der Waals surface area contributed by atoms with Gasteiger partial charge in [0.2, 0.25) is 0 Å². The van der Waals surface area contributed by atoms with Gasteiger partial charge in [0, 0.05) is 12.7 Å². The highest BCUT2D eigenvalue weighted by molar-refractivity contribution is 6.08. The standard InChI is InChI=1S/C5H8BN3.C2H6/c1-2-9-4-5(3-6)7-8-9;1-2/h4H,2-3H2,1H3;1-2H3. The largest absolute Gasteiger partial charge is 0.253 e. The highest BCUT2D eigenvalue weighted by Crippen LogP contribution is 1.89. The van der Waals surface area contributed by atoms with E-state index in [2.05, 4.69) is 10.3 Å². The molecular weight excluding hydrogens is 137 g/mol. The Morgan fingerprint density at radius 1 is 1.55 bits per heavy atom. The van der Waals surface area contributed by atoms with Gasteiger partial charge in [-0.1, -0.05) is 19.1 Å². The zero-order valence-electron chi connectivity index (χ0n) is 7.41. The molecule has 3 nitrogen and oxygen atoms in total. The molecule has 0 aliphatic carbocycles.